The van der Waals surface area contributed by atoms with Gasteiger partial charge in [-0.05, 0) is 67.2 Å². The molecule has 1 saturated heterocycles. The Morgan fingerprint density at radius 3 is 1.97 bits per heavy atom. The lowest BCUT2D eigenvalue weighted by atomic mass is 9.98. The summed E-state index contributed by atoms with van der Waals surface area (Å²) in [5.41, 5.74) is -1.77. The van der Waals surface area contributed by atoms with E-state index in [9.17, 15) is 19.5 Å². The van der Waals surface area contributed by atoms with Crippen molar-refractivity contribution in [3.05, 3.63) is 0 Å². The minimum Gasteiger partial charge on any atom is -0.458 e. The highest BCUT2D eigenvalue weighted by Gasteiger charge is 2.42. The minimum atomic E-state index is -1.22. The van der Waals surface area contributed by atoms with E-state index < -0.39 is 53.7 Å². The summed E-state index contributed by atoms with van der Waals surface area (Å²) in [5, 5.41) is 10.6. The molecule has 1 heterocycles. The summed E-state index contributed by atoms with van der Waals surface area (Å²) in [6.45, 7) is 16.0. The monoisotopic (exact) mass is 473 g/mol. The number of carbonyl (C=O) groups excluding carboxylic acids is 3. The number of ether oxygens (including phenoxy) is 4. The van der Waals surface area contributed by atoms with Gasteiger partial charge in [-0.15, -0.1) is 0 Å². The van der Waals surface area contributed by atoms with E-state index in [4.69, 9.17) is 18.9 Å². The van der Waals surface area contributed by atoms with Crippen LogP contribution in [0.1, 0.15) is 88.0 Å². The van der Waals surface area contributed by atoms with Crippen LogP contribution >= 0.6 is 0 Å². The maximum atomic E-state index is 13.2. The van der Waals surface area contributed by atoms with Gasteiger partial charge in [-0.3, -0.25) is 0 Å². The number of rotatable bonds is 4. The molecular weight excluding hydrogens is 430 g/mol. The first-order valence-electron chi connectivity index (χ1n) is 11.8. The van der Waals surface area contributed by atoms with Crippen molar-refractivity contribution in [3.63, 3.8) is 0 Å². The molecule has 1 aliphatic heterocycles. The fourth-order valence-corrected chi connectivity index (χ4v) is 3.35. The van der Waals surface area contributed by atoms with Crippen molar-refractivity contribution in [2.24, 2.45) is 5.92 Å². The zero-order valence-electron chi connectivity index (χ0n) is 21.7. The van der Waals surface area contributed by atoms with Gasteiger partial charge in [0.25, 0.3) is 0 Å². The van der Waals surface area contributed by atoms with Crippen molar-refractivity contribution >= 4 is 18.2 Å². The van der Waals surface area contributed by atoms with Crippen molar-refractivity contribution < 1.29 is 38.4 Å². The van der Waals surface area contributed by atoms with Crippen molar-refractivity contribution in [2.75, 3.05) is 6.61 Å². The molecule has 0 aromatic heterocycles. The van der Waals surface area contributed by atoms with E-state index in [0.29, 0.717) is 30.8 Å². The quantitative estimate of drug-likeness (QED) is 0.471. The van der Waals surface area contributed by atoms with Crippen LogP contribution in [-0.4, -0.2) is 70.3 Å². The number of hydrogen-bond acceptors (Lipinski definition) is 8. The van der Waals surface area contributed by atoms with E-state index in [2.05, 4.69) is 0 Å². The van der Waals surface area contributed by atoms with Gasteiger partial charge in [-0.1, -0.05) is 26.7 Å². The van der Waals surface area contributed by atoms with Gasteiger partial charge in [0.05, 0.1) is 6.10 Å². The summed E-state index contributed by atoms with van der Waals surface area (Å²) in [7, 11) is 0. The summed E-state index contributed by atoms with van der Waals surface area (Å²) in [4.78, 5) is 39.9. The van der Waals surface area contributed by atoms with E-state index in [1.165, 1.54) is 0 Å². The van der Waals surface area contributed by atoms with E-state index in [0.717, 1.165) is 0 Å². The number of aliphatic hydroxyl groups is 1. The number of hydrogen-bond donors (Lipinski definition) is 1. The minimum absolute atomic E-state index is 0.161. The van der Waals surface area contributed by atoms with Crippen LogP contribution in [-0.2, 0) is 23.7 Å². The van der Waals surface area contributed by atoms with Crippen LogP contribution < -0.4 is 0 Å². The third kappa shape index (κ3) is 10.3. The summed E-state index contributed by atoms with van der Waals surface area (Å²) in [6.07, 6.45) is -2.59. The molecular formula is C24H43NO8. The second kappa shape index (κ2) is 12.0. The lowest BCUT2D eigenvalue weighted by Crippen LogP contribution is -2.54. The molecule has 2 amide bonds. The van der Waals surface area contributed by atoms with Crippen LogP contribution in [0.3, 0.4) is 0 Å². The third-order valence-electron chi connectivity index (χ3n) is 4.76. The molecule has 0 aromatic carbocycles. The van der Waals surface area contributed by atoms with Crippen LogP contribution in [0.5, 0.6) is 0 Å². The first-order valence-corrected chi connectivity index (χ1v) is 11.8. The Bertz CT molecular complexity index is 636. The Morgan fingerprint density at radius 2 is 1.52 bits per heavy atom. The SMILES string of the molecule is CC(C)CO[C@H]1[C@H](C)OC(=O)[C@@H](N(C(=O)OC(C)(C)C)C(=O)OC(C)(C)C)CCCC[C@@H]1O. The Morgan fingerprint density at radius 1 is 1.03 bits per heavy atom. The number of esters is 1. The molecule has 0 aliphatic carbocycles. The highest BCUT2D eigenvalue weighted by Crippen LogP contribution is 2.24. The molecule has 1 aliphatic rings. The van der Waals surface area contributed by atoms with E-state index in [-0.39, 0.29) is 12.3 Å². The van der Waals surface area contributed by atoms with Crippen molar-refractivity contribution in [2.45, 2.75) is 124 Å². The van der Waals surface area contributed by atoms with E-state index >= 15 is 0 Å². The van der Waals surface area contributed by atoms with Crippen LogP contribution in [0.15, 0.2) is 0 Å². The van der Waals surface area contributed by atoms with Crippen molar-refractivity contribution in [1.82, 2.24) is 4.90 Å². The van der Waals surface area contributed by atoms with Crippen LogP contribution in [0.4, 0.5) is 9.59 Å². The molecule has 0 saturated carbocycles. The number of imide groups is 1. The summed E-state index contributed by atoms with van der Waals surface area (Å²) < 4.78 is 22.3. The first-order chi connectivity index (χ1) is 15.0. The second-order valence-corrected chi connectivity index (χ2v) is 11.0. The molecule has 0 bridgehead atoms. The molecule has 33 heavy (non-hydrogen) atoms. The smallest absolute Gasteiger partial charge is 0.420 e. The summed E-state index contributed by atoms with van der Waals surface area (Å²) in [6, 6.07) is -1.22. The van der Waals surface area contributed by atoms with Gasteiger partial charge in [0, 0.05) is 6.61 Å². The normalized spacial score (nSPS) is 25.2. The van der Waals surface area contributed by atoms with E-state index in [1.807, 2.05) is 13.8 Å². The topological polar surface area (TPSA) is 112 Å². The predicted octanol–water partition coefficient (Wildman–Crippen LogP) is 4.44. The number of carbonyl (C=O) groups is 3. The van der Waals surface area contributed by atoms with E-state index in [1.54, 1.807) is 48.5 Å². The average Bonchev–Trinajstić information content (AvgIpc) is 2.60. The largest absolute Gasteiger partial charge is 0.458 e. The fourth-order valence-electron chi connectivity index (χ4n) is 3.35. The lowest BCUT2D eigenvalue weighted by molar-refractivity contribution is -0.171. The zero-order chi connectivity index (χ0) is 25.6. The van der Waals surface area contributed by atoms with Crippen molar-refractivity contribution in [3.8, 4) is 0 Å². The molecule has 1 N–H and O–H groups in total. The highest BCUT2D eigenvalue weighted by molar-refractivity contribution is 5.94. The molecule has 9 heteroatoms. The van der Waals surface area contributed by atoms with Gasteiger partial charge < -0.3 is 24.1 Å². The second-order valence-electron chi connectivity index (χ2n) is 11.0. The highest BCUT2D eigenvalue weighted by atomic mass is 16.6. The Kier molecular flexibility index (Phi) is 10.6. The van der Waals surface area contributed by atoms with Crippen LogP contribution in [0.25, 0.3) is 0 Å². The number of amides is 2. The molecule has 0 radical (unpaired) electrons. The number of nitrogens with zero attached hydrogens (tertiary/aromatic N) is 1. The van der Waals surface area contributed by atoms with Crippen molar-refractivity contribution in [1.29, 1.82) is 0 Å². The van der Waals surface area contributed by atoms with Crippen LogP contribution in [0, 0.1) is 5.92 Å². The summed E-state index contributed by atoms with van der Waals surface area (Å²) in [5.74, 6) is -0.537. The Hall–Kier alpha value is -1.87. The molecule has 0 aromatic rings. The number of cyclic esters (lactones) is 1. The van der Waals surface area contributed by atoms with Gasteiger partial charge in [0.15, 0.2) is 0 Å². The maximum Gasteiger partial charge on any atom is 0.420 e. The Labute approximate surface area is 198 Å². The van der Waals surface area contributed by atoms with Gasteiger partial charge in [0.1, 0.15) is 29.5 Å². The molecule has 0 unspecified atom stereocenters. The molecule has 4 atom stereocenters. The fraction of sp³-hybridized carbons (Fsp3) is 0.875. The maximum absolute atomic E-state index is 13.2. The molecule has 192 valence electrons. The number of aliphatic hydroxyl groups excluding tert-OH is 1. The molecule has 1 fully saturated rings. The van der Waals surface area contributed by atoms with Gasteiger partial charge in [0.2, 0.25) is 0 Å². The van der Waals surface area contributed by atoms with Gasteiger partial charge >= 0.3 is 18.2 Å². The van der Waals surface area contributed by atoms with Crippen LogP contribution in [0.2, 0.25) is 0 Å². The molecule has 0 spiro atoms. The third-order valence-corrected chi connectivity index (χ3v) is 4.76. The zero-order valence-corrected chi connectivity index (χ0v) is 21.7. The molecule has 9 nitrogen and oxygen atoms in total. The van der Waals surface area contributed by atoms with Gasteiger partial charge in [-0.25, -0.2) is 14.4 Å². The summed E-state index contributed by atoms with van der Waals surface area (Å²) >= 11 is 0. The van der Waals surface area contributed by atoms with Gasteiger partial charge in [-0.2, -0.15) is 4.90 Å². The Balaban J connectivity index is 3.23. The standard InChI is InChI=1S/C24H43NO8/c1-15(2)14-30-19-16(3)31-20(27)17(12-10-11-13-18(19)26)25(21(28)32-23(4,5)6)22(29)33-24(7,8)9/h15-19,26H,10-14H2,1-9H3/t16-,17-,18-,19-/m0/s1. The predicted molar refractivity (Wildman–Crippen MR) is 123 cm³/mol. The molecule has 1 rings (SSSR count). The lowest BCUT2D eigenvalue weighted by Gasteiger charge is -2.35. The average molecular weight is 474 g/mol. The first kappa shape index (κ1) is 29.2.